The molecule has 118 valence electrons. The molecule has 22 heavy (non-hydrogen) atoms. The van der Waals surface area contributed by atoms with Gasteiger partial charge in [0.15, 0.2) is 5.13 Å². The van der Waals surface area contributed by atoms with Crippen molar-refractivity contribution in [3.63, 3.8) is 0 Å². The highest BCUT2D eigenvalue weighted by atomic mass is 32.1. The lowest BCUT2D eigenvalue weighted by atomic mass is 10.1. The molecule has 4 heteroatoms. The van der Waals surface area contributed by atoms with Crippen LogP contribution in [0.25, 0.3) is 0 Å². The van der Waals surface area contributed by atoms with Gasteiger partial charge in [-0.25, -0.2) is 4.98 Å². The summed E-state index contributed by atoms with van der Waals surface area (Å²) in [6.45, 7) is 7.80. The molecule has 0 aliphatic carbocycles. The normalized spacial score (nSPS) is 18.5. The van der Waals surface area contributed by atoms with Crippen LogP contribution in [0.3, 0.4) is 0 Å². The molecule has 2 aromatic rings. The summed E-state index contributed by atoms with van der Waals surface area (Å²) in [4.78, 5) is 7.29. The second-order valence-electron chi connectivity index (χ2n) is 6.23. The number of rotatable bonds is 6. The molecule has 2 unspecified atom stereocenters. The van der Waals surface area contributed by atoms with E-state index in [4.69, 9.17) is 4.98 Å². The number of nitrogens with one attached hydrogen (secondary N) is 1. The van der Waals surface area contributed by atoms with E-state index >= 15 is 0 Å². The molecule has 0 saturated carbocycles. The zero-order valence-electron chi connectivity index (χ0n) is 13.7. The average molecular weight is 315 g/mol. The minimum absolute atomic E-state index is 0.484. The molecule has 1 aliphatic rings. The summed E-state index contributed by atoms with van der Waals surface area (Å²) >= 11 is 1.77. The fourth-order valence-corrected chi connectivity index (χ4v) is 4.09. The van der Waals surface area contributed by atoms with Gasteiger partial charge in [0.1, 0.15) is 0 Å². The maximum absolute atomic E-state index is 4.89. The highest BCUT2D eigenvalue weighted by Crippen LogP contribution is 2.39. The number of anilines is 2. The van der Waals surface area contributed by atoms with Crippen LogP contribution in [-0.4, -0.2) is 23.6 Å². The van der Waals surface area contributed by atoms with Gasteiger partial charge in [0.25, 0.3) is 0 Å². The monoisotopic (exact) mass is 315 g/mol. The number of benzene rings is 1. The van der Waals surface area contributed by atoms with Crippen LogP contribution in [0, 0.1) is 0 Å². The van der Waals surface area contributed by atoms with Crippen molar-refractivity contribution in [1.29, 1.82) is 0 Å². The SMILES string of the molecule is CCCNC(C)Cc1csc(N2c3ccccc3CC2C)n1. The van der Waals surface area contributed by atoms with Gasteiger partial charge in [0.05, 0.1) is 5.69 Å². The van der Waals surface area contributed by atoms with Crippen molar-refractivity contribution in [3.8, 4) is 0 Å². The summed E-state index contributed by atoms with van der Waals surface area (Å²) in [6.07, 6.45) is 3.29. The van der Waals surface area contributed by atoms with Crippen LogP contribution in [0.5, 0.6) is 0 Å². The van der Waals surface area contributed by atoms with E-state index in [0.29, 0.717) is 12.1 Å². The van der Waals surface area contributed by atoms with Crippen molar-refractivity contribution in [3.05, 3.63) is 40.9 Å². The quantitative estimate of drug-likeness (QED) is 0.867. The van der Waals surface area contributed by atoms with Gasteiger partial charge < -0.3 is 10.2 Å². The maximum atomic E-state index is 4.89. The van der Waals surface area contributed by atoms with Gasteiger partial charge in [0.2, 0.25) is 0 Å². The summed E-state index contributed by atoms with van der Waals surface area (Å²) in [5.41, 5.74) is 3.96. The lowest BCUT2D eigenvalue weighted by Gasteiger charge is -2.21. The van der Waals surface area contributed by atoms with E-state index in [9.17, 15) is 0 Å². The molecule has 0 bridgehead atoms. The third-order valence-electron chi connectivity index (χ3n) is 4.21. The molecule has 3 rings (SSSR count). The number of hydrogen-bond acceptors (Lipinski definition) is 4. The summed E-state index contributed by atoms with van der Waals surface area (Å²) < 4.78 is 0. The molecule has 0 saturated heterocycles. The van der Waals surface area contributed by atoms with Crippen molar-refractivity contribution in [2.45, 2.75) is 52.1 Å². The third kappa shape index (κ3) is 3.18. The van der Waals surface area contributed by atoms with E-state index in [0.717, 1.165) is 24.5 Å². The number of aromatic nitrogens is 1. The first-order valence-electron chi connectivity index (χ1n) is 8.24. The average Bonchev–Trinajstić information content (AvgIpc) is 3.08. The van der Waals surface area contributed by atoms with Gasteiger partial charge in [0, 0.05) is 29.6 Å². The Bertz CT molecular complexity index is 622. The summed E-state index contributed by atoms with van der Waals surface area (Å²) in [5.74, 6) is 0. The molecule has 2 atom stereocenters. The first-order valence-corrected chi connectivity index (χ1v) is 9.12. The second-order valence-corrected chi connectivity index (χ2v) is 7.07. The van der Waals surface area contributed by atoms with Crippen LogP contribution in [0.1, 0.15) is 38.4 Å². The molecule has 3 nitrogen and oxygen atoms in total. The van der Waals surface area contributed by atoms with Crippen molar-refractivity contribution in [2.75, 3.05) is 11.4 Å². The molecule has 0 spiro atoms. The Morgan fingerprint density at radius 1 is 1.41 bits per heavy atom. The van der Waals surface area contributed by atoms with E-state index in [1.807, 2.05) is 0 Å². The van der Waals surface area contributed by atoms with Crippen LogP contribution >= 0.6 is 11.3 Å². The zero-order chi connectivity index (χ0) is 15.5. The number of para-hydroxylation sites is 1. The van der Waals surface area contributed by atoms with Gasteiger partial charge in [-0.15, -0.1) is 11.3 Å². The lowest BCUT2D eigenvalue weighted by Crippen LogP contribution is -2.29. The smallest absolute Gasteiger partial charge is 0.190 e. The molecule has 1 aromatic heterocycles. The molecule has 2 heterocycles. The molecular weight excluding hydrogens is 290 g/mol. The number of thiazole rings is 1. The predicted molar refractivity (Wildman–Crippen MR) is 95.3 cm³/mol. The minimum atomic E-state index is 0.484. The highest BCUT2D eigenvalue weighted by molar-refractivity contribution is 7.13. The molecule has 0 fully saturated rings. The van der Waals surface area contributed by atoms with Gasteiger partial charge in [-0.05, 0) is 44.9 Å². The maximum Gasteiger partial charge on any atom is 0.190 e. The van der Waals surface area contributed by atoms with E-state index in [1.54, 1.807) is 11.3 Å². The van der Waals surface area contributed by atoms with Crippen molar-refractivity contribution in [1.82, 2.24) is 10.3 Å². The summed E-state index contributed by atoms with van der Waals surface area (Å²) in [5, 5.41) is 6.88. The molecule has 0 radical (unpaired) electrons. The topological polar surface area (TPSA) is 28.2 Å². The van der Waals surface area contributed by atoms with E-state index < -0.39 is 0 Å². The Balaban J connectivity index is 1.74. The standard InChI is InChI=1S/C18H25N3S/c1-4-9-19-13(2)10-16-12-22-18(20-16)21-14(3)11-15-7-5-6-8-17(15)21/h5-8,12-14,19H,4,9-11H2,1-3H3. The Kier molecular flexibility index (Phi) is 4.79. The Morgan fingerprint density at radius 3 is 3.05 bits per heavy atom. The summed E-state index contributed by atoms with van der Waals surface area (Å²) in [6, 6.07) is 9.67. The van der Waals surface area contributed by atoms with Crippen molar-refractivity contribution >= 4 is 22.2 Å². The largest absolute Gasteiger partial charge is 0.314 e. The number of fused-ring (bicyclic) bond motifs is 1. The van der Waals surface area contributed by atoms with Gasteiger partial charge in [-0.1, -0.05) is 25.1 Å². The predicted octanol–water partition coefficient (Wildman–Crippen LogP) is 4.16. The fourth-order valence-electron chi connectivity index (χ4n) is 3.13. The highest BCUT2D eigenvalue weighted by Gasteiger charge is 2.28. The van der Waals surface area contributed by atoms with Gasteiger partial charge >= 0.3 is 0 Å². The Labute approximate surface area is 137 Å². The van der Waals surface area contributed by atoms with Crippen LogP contribution in [0.15, 0.2) is 29.6 Å². The van der Waals surface area contributed by atoms with Gasteiger partial charge in [-0.2, -0.15) is 0 Å². The molecular formula is C18H25N3S. The van der Waals surface area contributed by atoms with Crippen molar-refractivity contribution < 1.29 is 0 Å². The Morgan fingerprint density at radius 2 is 2.23 bits per heavy atom. The van der Waals surface area contributed by atoms with E-state index in [1.165, 1.54) is 23.4 Å². The first kappa shape index (κ1) is 15.5. The number of nitrogens with zero attached hydrogens (tertiary/aromatic N) is 2. The fraction of sp³-hybridized carbons (Fsp3) is 0.500. The second kappa shape index (κ2) is 6.80. The van der Waals surface area contributed by atoms with Crippen LogP contribution < -0.4 is 10.2 Å². The third-order valence-corrected chi connectivity index (χ3v) is 5.10. The van der Waals surface area contributed by atoms with Crippen LogP contribution in [0.2, 0.25) is 0 Å². The Hall–Kier alpha value is -1.39. The lowest BCUT2D eigenvalue weighted by molar-refractivity contribution is 0.539. The molecule has 1 aliphatic heterocycles. The molecule has 1 aromatic carbocycles. The zero-order valence-corrected chi connectivity index (χ0v) is 14.5. The van der Waals surface area contributed by atoms with Crippen LogP contribution in [0.4, 0.5) is 10.8 Å². The summed E-state index contributed by atoms with van der Waals surface area (Å²) in [7, 11) is 0. The molecule has 1 N–H and O–H groups in total. The van der Waals surface area contributed by atoms with Crippen molar-refractivity contribution in [2.24, 2.45) is 0 Å². The molecule has 0 amide bonds. The van der Waals surface area contributed by atoms with Gasteiger partial charge in [-0.3, -0.25) is 0 Å². The minimum Gasteiger partial charge on any atom is -0.314 e. The number of hydrogen-bond donors (Lipinski definition) is 1. The van der Waals surface area contributed by atoms with Crippen LogP contribution in [-0.2, 0) is 12.8 Å². The van der Waals surface area contributed by atoms with E-state index in [2.05, 4.69) is 60.6 Å². The first-order chi connectivity index (χ1) is 10.7. The van der Waals surface area contributed by atoms with E-state index in [-0.39, 0.29) is 0 Å².